The molecule has 0 saturated heterocycles. The number of aliphatic carboxylic acids is 1. The van der Waals surface area contributed by atoms with Gasteiger partial charge < -0.3 is 5.11 Å². The second-order valence-electron chi connectivity index (χ2n) is 6.31. The molecule has 0 aliphatic carbocycles. The SMILES string of the molecule is CC/C=C\C/C=C\C/C=C/C/C=C\C/C=C\CCCCSC(CC)C(=O)O. The van der Waals surface area contributed by atoms with E-state index in [-0.39, 0.29) is 5.25 Å². The van der Waals surface area contributed by atoms with Crippen molar-refractivity contribution in [2.75, 3.05) is 5.75 Å². The fraction of sp³-hybridized carbons (Fsp3) is 0.542. The molecule has 3 heteroatoms. The minimum atomic E-state index is -0.680. The molecule has 0 aromatic carbocycles. The van der Waals surface area contributed by atoms with Crippen LogP contribution in [0.25, 0.3) is 0 Å². The molecule has 2 nitrogen and oxygen atoms in total. The van der Waals surface area contributed by atoms with E-state index in [1.165, 1.54) is 0 Å². The highest BCUT2D eigenvalue weighted by atomic mass is 32.2. The van der Waals surface area contributed by atoms with Gasteiger partial charge in [0.05, 0.1) is 0 Å². The van der Waals surface area contributed by atoms with Gasteiger partial charge in [0.1, 0.15) is 5.25 Å². The molecule has 152 valence electrons. The molecular weight excluding hydrogens is 352 g/mol. The summed E-state index contributed by atoms with van der Waals surface area (Å²) in [5.74, 6) is 0.260. The molecule has 0 rings (SSSR count). The number of carboxylic acids is 1. The van der Waals surface area contributed by atoms with Crippen LogP contribution in [0, 0.1) is 0 Å². The molecule has 0 aliphatic rings. The number of rotatable bonds is 17. The lowest BCUT2D eigenvalue weighted by atomic mass is 10.2. The Balaban J connectivity index is 3.51. The number of unbranched alkanes of at least 4 members (excludes halogenated alkanes) is 2. The van der Waals surface area contributed by atoms with Gasteiger partial charge in [-0.3, -0.25) is 4.79 Å². The molecule has 0 amide bonds. The Hall–Kier alpha value is -1.48. The Morgan fingerprint density at radius 1 is 0.778 bits per heavy atom. The molecule has 0 radical (unpaired) electrons. The molecule has 0 saturated carbocycles. The largest absolute Gasteiger partial charge is 0.480 e. The molecule has 27 heavy (non-hydrogen) atoms. The molecule has 0 aromatic heterocycles. The van der Waals surface area contributed by atoms with Gasteiger partial charge in [-0.25, -0.2) is 0 Å². The van der Waals surface area contributed by atoms with Crippen molar-refractivity contribution in [2.45, 2.75) is 76.9 Å². The van der Waals surface area contributed by atoms with Crippen molar-refractivity contribution in [3.63, 3.8) is 0 Å². The van der Waals surface area contributed by atoms with E-state index in [0.29, 0.717) is 6.42 Å². The Kier molecular flexibility index (Phi) is 19.7. The number of carboxylic acid groups (broad SMARTS) is 1. The van der Waals surface area contributed by atoms with E-state index < -0.39 is 5.97 Å². The second kappa shape index (κ2) is 20.8. The van der Waals surface area contributed by atoms with Gasteiger partial charge in [0, 0.05) is 0 Å². The van der Waals surface area contributed by atoms with Gasteiger partial charge in [-0.15, -0.1) is 11.8 Å². The number of allylic oxidation sites excluding steroid dienone is 10. The maximum atomic E-state index is 10.9. The van der Waals surface area contributed by atoms with Crippen molar-refractivity contribution in [1.82, 2.24) is 0 Å². The van der Waals surface area contributed by atoms with Gasteiger partial charge >= 0.3 is 5.97 Å². The lowest BCUT2D eigenvalue weighted by molar-refractivity contribution is -0.136. The van der Waals surface area contributed by atoms with Crippen LogP contribution in [-0.4, -0.2) is 22.1 Å². The predicted octanol–water partition coefficient (Wildman–Crippen LogP) is 7.50. The van der Waals surface area contributed by atoms with Crippen LogP contribution in [0.3, 0.4) is 0 Å². The minimum Gasteiger partial charge on any atom is -0.480 e. The molecule has 0 bridgehead atoms. The van der Waals surface area contributed by atoms with E-state index in [4.69, 9.17) is 5.11 Å². The van der Waals surface area contributed by atoms with Gasteiger partial charge in [-0.1, -0.05) is 74.6 Å². The maximum Gasteiger partial charge on any atom is 0.316 e. The van der Waals surface area contributed by atoms with E-state index >= 15 is 0 Å². The van der Waals surface area contributed by atoms with E-state index in [0.717, 1.165) is 57.1 Å². The van der Waals surface area contributed by atoms with E-state index in [1.54, 1.807) is 11.8 Å². The summed E-state index contributed by atoms with van der Waals surface area (Å²) >= 11 is 1.57. The number of hydrogen-bond acceptors (Lipinski definition) is 2. The normalized spacial score (nSPS) is 13.9. The zero-order valence-corrected chi connectivity index (χ0v) is 18.0. The van der Waals surface area contributed by atoms with E-state index in [9.17, 15) is 4.79 Å². The summed E-state index contributed by atoms with van der Waals surface area (Å²) < 4.78 is 0. The number of hydrogen-bond donors (Lipinski definition) is 1. The van der Waals surface area contributed by atoms with Gasteiger partial charge in [0.2, 0.25) is 0 Å². The van der Waals surface area contributed by atoms with Crippen molar-refractivity contribution >= 4 is 17.7 Å². The maximum absolute atomic E-state index is 10.9. The lowest BCUT2D eigenvalue weighted by Gasteiger charge is -2.08. The van der Waals surface area contributed by atoms with Crippen LogP contribution in [0.2, 0.25) is 0 Å². The molecule has 0 heterocycles. The Bertz CT molecular complexity index is 487. The highest BCUT2D eigenvalue weighted by Crippen LogP contribution is 2.17. The zero-order chi connectivity index (χ0) is 20.0. The molecular formula is C24H38O2S. The van der Waals surface area contributed by atoms with Crippen molar-refractivity contribution in [1.29, 1.82) is 0 Å². The Labute approximate surface area is 171 Å². The smallest absolute Gasteiger partial charge is 0.316 e. The number of carbonyl (C=O) groups is 1. The Morgan fingerprint density at radius 2 is 1.26 bits per heavy atom. The first-order chi connectivity index (χ1) is 13.2. The first-order valence-electron chi connectivity index (χ1n) is 10.3. The van der Waals surface area contributed by atoms with E-state index in [1.807, 2.05) is 6.92 Å². The van der Waals surface area contributed by atoms with Gasteiger partial charge in [-0.05, 0) is 63.5 Å². The summed E-state index contributed by atoms with van der Waals surface area (Å²) in [6.45, 7) is 4.09. The van der Waals surface area contributed by atoms with Crippen LogP contribution in [0.15, 0.2) is 60.8 Å². The average molecular weight is 391 g/mol. The van der Waals surface area contributed by atoms with Crippen molar-refractivity contribution in [3.8, 4) is 0 Å². The monoisotopic (exact) mass is 390 g/mol. The van der Waals surface area contributed by atoms with Crippen molar-refractivity contribution in [3.05, 3.63) is 60.8 Å². The fourth-order valence-electron chi connectivity index (χ4n) is 2.32. The van der Waals surface area contributed by atoms with Crippen LogP contribution in [0.1, 0.15) is 71.6 Å². The molecule has 1 N–H and O–H groups in total. The summed E-state index contributed by atoms with van der Waals surface area (Å²) in [5.41, 5.74) is 0. The molecule has 0 aliphatic heterocycles. The predicted molar refractivity (Wildman–Crippen MR) is 122 cm³/mol. The highest BCUT2D eigenvalue weighted by molar-refractivity contribution is 8.00. The first kappa shape index (κ1) is 25.5. The highest BCUT2D eigenvalue weighted by Gasteiger charge is 2.14. The summed E-state index contributed by atoms with van der Waals surface area (Å²) in [6.07, 6.45) is 31.3. The van der Waals surface area contributed by atoms with Gasteiger partial charge in [-0.2, -0.15) is 0 Å². The van der Waals surface area contributed by atoms with Gasteiger partial charge in [0.15, 0.2) is 0 Å². The zero-order valence-electron chi connectivity index (χ0n) is 17.2. The topological polar surface area (TPSA) is 37.3 Å². The quantitative estimate of drug-likeness (QED) is 0.206. The molecule has 1 atom stereocenters. The lowest BCUT2D eigenvalue weighted by Crippen LogP contribution is -2.15. The van der Waals surface area contributed by atoms with Crippen molar-refractivity contribution < 1.29 is 9.90 Å². The number of thioether (sulfide) groups is 1. The molecule has 0 spiro atoms. The minimum absolute atomic E-state index is 0.237. The average Bonchev–Trinajstić information content (AvgIpc) is 2.66. The molecule has 0 aromatic rings. The summed E-state index contributed by atoms with van der Waals surface area (Å²) in [6, 6.07) is 0. The standard InChI is InChI=1S/C24H38O2S/c1-3-5-6-7-8-9-10-11-12-13-14-15-16-17-18-19-20-21-22-27-23(4-2)24(25)26/h5-6,8-9,11-12,14-15,17-18,23H,3-4,7,10,13,16,19-22H2,1-2H3,(H,25,26)/b6-5-,9-8-,12-11+,15-14-,18-17-. The third-order valence-electron chi connectivity index (χ3n) is 3.89. The Morgan fingerprint density at radius 3 is 1.70 bits per heavy atom. The first-order valence-corrected chi connectivity index (χ1v) is 11.4. The summed E-state index contributed by atoms with van der Waals surface area (Å²) in [5, 5.41) is 8.74. The third-order valence-corrected chi connectivity index (χ3v) is 5.35. The van der Waals surface area contributed by atoms with Crippen LogP contribution >= 0.6 is 11.8 Å². The summed E-state index contributed by atoms with van der Waals surface area (Å²) in [7, 11) is 0. The van der Waals surface area contributed by atoms with Crippen LogP contribution in [-0.2, 0) is 4.79 Å². The van der Waals surface area contributed by atoms with Crippen LogP contribution < -0.4 is 0 Å². The van der Waals surface area contributed by atoms with Gasteiger partial charge in [0.25, 0.3) is 0 Å². The molecule has 1 unspecified atom stereocenters. The van der Waals surface area contributed by atoms with Crippen molar-refractivity contribution in [2.24, 2.45) is 0 Å². The fourth-order valence-corrected chi connectivity index (χ4v) is 3.36. The summed E-state index contributed by atoms with van der Waals surface area (Å²) in [4.78, 5) is 10.9. The van der Waals surface area contributed by atoms with Crippen LogP contribution in [0.5, 0.6) is 0 Å². The van der Waals surface area contributed by atoms with Crippen LogP contribution in [0.4, 0.5) is 0 Å². The molecule has 0 fully saturated rings. The second-order valence-corrected chi connectivity index (χ2v) is 7.62. The van der Waals surface area contributed by atoms with E-state index in [2.05, 4.69) is 67.7 Å². The third kappa shape index (κ3) is 19.1.